The molecule has 5 rings (SSSR count). The Morgan fingerprint density at radius 2 is 1.90 bits per heavy atom. The lowest BCUT2D eigenvalue weighted by atomic mass is 9.79. The number of allylic oxidation sites excluding steroid dienone is 2. The number of carbonyl (C=O) groups is 1. The molecule has 29 heavy (non-hydrogen) atoms. The van der Waals surface area contributed by atoms with Crippen LogP contribution in [0.2, 0.25) is 0 Å². The van der Waals surface area contributed by atoms with Gasteiger partial charge in [-0.1, -0.05) is 30.3 Å². The number of nitrogens with zero attached hydrogens (tertiary/aromatic N) is 3. The number of alkyl halides is 3. The van der Waals surface area contributed by atoms with E-state index in [9.17, 15) is 18.0 Å². The van der Waals surface area contributed by atoms with Crippen LogP contribution >= 0.6 is 0 Å². The van der Waals surface area contributed by atoms with Crippen LogP contribution in [-0.2, 0) is 11.0 Å². The van der Waals surface area contributed by atoms with Gasteiger partial charge in [-0.2, -0.15) is 18.2 Å². The van der Waals surface area contributed by atoms with Gasteiger partial charge < -0.3 is 9.73 Å². The smallest absolute Gasteiger partial charge is 0.453 e. The number of furan rings is 1. The average Bonchev–Trinajstić information content (AvgIpc) is 3.36. The number of ketones is 1. The second-order valence-electron chi connectivity index (χ2n) is 7.08. The molecular weight excluding hydrogens is 385 g/mol. The fraction of sp³-hybridized carbons (Fsp3) is 0.250. The molecule has 1 aromatic carbocycles. The van der Waals surface area contributed by atoms with Crippen LogP contribution in [0, 0.1) is 0 Å². The topological polar surface area (TPSA) is 73.0 Å². The van der Waals surface area contributed by atoms with E-state index in [2.05, 4.69) is 15.4 Å². The van der Waals surface area contributed by atoms with Crippen molar-refractivity contribution in [2.24, 2.45) is 0 Å². The molecule has 2 atom stereocenters. The summed E-state index contributed by atoms with van der Waals surface area (Å²) in [6.07, 6.45) is -2.54. The zero-order valence-corrected chi connectivity index (χ0v) is 15.0. The number of hydrogen-bond acceptors (Lipinski definition) is 5. The van der Waals surface area contributed by atoms with Crippen molar-refractivity contribution in [2.75, 3.05) is 5.32 Å². The minimum Gasteiger partial charge on any atom is -0.467 e. The summed E-state index contributed by atoms with van der Waals surface area (Å²) in [6, 6.07) is 11.9. The Bertz CT molecular complexity index is 1100. The van der Waals surface area contributed by atoms with Crippen LogP contribution in [0.25, 0.3) is 0 Å². The van der Waals surface area contributed by atoms with Gasteiger partial charge in [0.1, 0.15) is 11.8 Å². The van der Waals surface area contributed by atoms with Crippen molar-refractivity contribution in [2.45, 2.75) is 31.0 Å². The molecule has 9 heteroatoms. The zero-order valence-electron chi connectivity index (χ0n) is 15.0. The number of rotatable bonds is 2. The summed E-state index contributed by atoms with van der Waals surface area (Å²) in [5, 5.41) is 6.55. The number of aromatic nitrogens is 3. The number of nitrogens with one attached hydrogen (secondary N) is 1. The predicted molar refractivity (Wildman–Crippen MR) is 95.9 cm³/mol. The van der Waals surface area contributed by atoms with E-state index >= 15 is 0 Å². The Labute approximate surface area is 163 Å². The summed E-state index contributed by atoms with van der Waals surface area (Å²) >= 11 is 0. The molecule has 0 unspecified atom stereocenters. The highest BCUT2D eigenvalue weighted by Gasteiger charge is 2.44. The van der Waals surface area contributed by atoms with Gasteiger partial charge in [0.15, 0.2) is 5.78 Å². The molecule has 6 nitrogen and oxygen atoms in total. The standard InChI is InChI=1S/C20H15F3N4O2/c21-20(22,23)18-25-19-24-13-9-12(11-5-2-1-3-6-11)10-14(28)16(13)17(27(19)26-18)15-7-4-8-29-15/h1-8,12,17H,9-10H2,(H,24,25,26)/t12-,17-/m0/s1. The first-order valence-corrected chi connectivity index (χ1v) is 9.07. The normalized spacial score (nSPS) is 21.6. The minimum atomic E-state index is -4.70. The molecule has 0 radical (unpaired) electrons. The first-order chi connectivity index (χ1) is 13.9. The van der Waals surface area contributed by atoms with E-state index in [-0.39, 0.29) is 24.1 Å². The zero-order chi connectivity index (χ0) is 20.2. The van der Waals surface area contributed by atoms with Crippen molar-refractivity contribution in [3.8, 4) is 0 Å². The van der Waals surface area contributed by atoms with Gasteiger partial charge in [0.2, 0.25) is 5.95 Å². The van der Waals surface area contributed by atoms with Crippen molar-refractivity contribution < 1.29 is 22.4 Å². The molecule has 0 saturated heterocycles. The number of carbonyl (C=O) groups excluding carboxylic acids is 1. The van der Waals surface area contributed by atoms with E-state index in [0.717, 1.165) is 10.2 Å². The number of halogens is 3. The molecule has 0 fully saturated rings. The monoisotopic (exact) mass is 400 g/mol. The largest absolute Gasteiger partial charge is 0.467 e. The summed E-state index contributed by atoms with van der Waals surface area (Å²) in [6.45, 7) is 0. The summed E-state index contributed by atoms with van der Waals surface area (Å²) < 4.78 is 46.1. The predicted octanol–water partition coefficient (Wildman–Crippen LogP) is 4.31. The molecule has 0 saturated carbocycles. The third-order valence-corrected chi connectivity index (χ3v) is 5.26. The second-order valence-corrected chi connectivity index (χ2v) is 7.08. The molecule has 3 aromatic rings. The third kappa shape index (κ3) is 2.93. The molecule has 0 bridgehead atoms. The fourth-order valence-corrected chi connectivity index (χ4v) is 4.00. The van der Waals surface area contributed by atoms with Gasteiger partial charge in [0.05, 0.1) is 6.26 Å². The average molecular weight is 400 g/mol. The maximum absolute atomic E-state index is 13.2. The van der Waals surface area contributed by atoms with Crippen LogP contribution in [0.15, 0.2) is 64.4 Å². The van der Waals surface area contributed by atoms with Gasteiger partial charge in [0, 0.05) is 17.7 Å². The van der Waals surface area contributed by atoms with E-state index in [1.54, 1.807) is 12.1 Å². The molecule has 0 spiro atoms. The first-order valence-electron chi connectivity index (χ1n) is 9.07. The van der Waals surface area contributed by atoms with Gasteiger partial charge in [-0.15, -0.1) is 5.10 Å². The Morgan fingerprint density at radius 3 is 2.59 bits per heavy atom. The molecule has 1 N–H and O–H groups in total. The van der Waals surface area contributed by atoms with Gasteiger partial charge in [-0.05, 0) is 30.0 Å². The highest BCUT2D eigenvalue weighted by atomic mass is 19.4. The highest BCUT2D eigenvalue weighted by Crippen LogP contribution is 2.44. The summed E-state index contributed by atoms with van der Waals surface area (Å²) in [4.78, 5) is 16.7. The quantitative estimate of drug-likeness (QED) is 0.694. The SMILES string of the molecule is O=C1C[C@@H](c2ccccc2)CC2=C1[C@H](c1ccco1)n1nc(C(F)(F)F)nc1N2. The van der Waals surface area contributed by atoms with Gasteiger partial charge in [0.25, 0.3) is 5.82 Å². The lowest BCUT2D eigenvalue weighted by Gasteiger charge is -2.34. The summed E-state index contributed by atoms with van der Waals surface area (Å²) in [7, 11) is 0. The second kappa shape index (κ2) is 6.33. The lowest BCUT2D eigenvalue weighted by Crippen LogP contribution is -2.33. The highest BCUT2D eigenvalue weighted by molar-refractivity contribution is 6.00. The maximum atomic E-state index is 13.2. The number of Topliss-reactive ketones (excluding diaryl/α,β-unsaturated/α-hetero) is 1. The Balaban J connectivity index is 1.61. The van der Waals surface area contributed by atoms with Gasteiger partial charge in [-0.25, -0.2) is 4.68 Å². The minimum absolute atomic E-state index is 0.0565. The van der Waals surface area contributed by atoms with Crippen LogP contribution in [0.1, 0.15) is 41.9 Å². The molecule has 3 heterocycles. The van der Waals surface area contributed by atoms with E-state index < -0.39 is 18.0 Å². The Morgan fingerprint density at radius 1 is 1.10 bits per heavy atom. The van der Waals surface area contributed by atoms with Crippen LogP contribution in [0.5, 0.6) is 0 Å². The fourth-order valence-electron chi connectivity index (χ4n) is 4.00. The van der Waals surface area contributed by atoms with Crippen molar-refractivity contribution >= 4 is 11.7 Å². The van der Waals surface area contributed by atoms with Crippen molar-refractivity contribution in [3.05, 3.63) is 77.1 Å². The van der Waals surface area contributed by atoms with Crippen molar-refractivity contribution in [1.82, 2.24) is 14.8 Å². The Kier molecular flexibility index (Phi) is 3.87. The van der Waals surface area contributed by atoms with E-state index in [4.69, 9.17) is 4.42 Å². The van der Waals surface area contributed by atoms with E-state index in [1.807, 2.05) is 30.3 Å². The Hall–Kier alpha value is -3.36. The van der Waals surface area contributed by atoms with E-state index in [0.29, 0.717) is 23.5 Å². The van der Waals surface area contributed by atoms with Crippen LogP contribution in [-0.4, -0.2) is 20.5 Å². The molecule has 148 valence electrons. The van der Waals surface area contributed by atoms with Crippen molar-refractivity contribution in [1.29, 1.82) is 0 Å². The first kappa shape index (κ1) is 17.7. The number of benzene rings is 1. The maximum Gasteiger partial charge on any atom is 0.453 e. The molecule has 2 aromatic heterocycles. The molecule has 2 aliphatic rings. The molecule has 1 aliphatic carbocycles. The summed E-state index contributed by atoms with van der Waals surface area (Å²) in [5.74, 6) is -1.19. The van der Waals surface area contributed by atoms with E-state index in [1.165, 1.54) is 6.26 Å². The van der Waals surface area contributed by atoms with Gasteiger partial charge in [-0.3, -0.25) is 4.79 Å². The van der Waals surface area contributed by atoms with Crippen LogP contribution in [0.3, 0.4) is 0 Å². The molecular formula is C20H15F3N4O2. The van der Waals surface area contributed by atoms with Crippen molar-refractivity contribution in [3.63, 3.8) is 0 Å². The lowest BCUT2D eigenvalue weighted by molar-refractivity contribution is -0.145. The molecule has 1 aliphatic heterocycles. The molecule has 0 amide bonds. The summed E-state index contributed by atoms with van der Waals surface area (Å²) in [5.41, 5.74) is 1.94. The number of hydrogen-bond donors (Lipinski definition) is 1. The van der Waals surface area contributed by atoms with Crippen LogP contribution < -0.4 is 5.32 Å². The number of anilines is 1. The number of fused-ring (bicyclic) bond motifs is 1. The van der Waals surface area contributed by atoms with Crippen LogP contribution in [0.4, 0.5) is 19.1 Å². The van der Waals surface area contributed by atoms with Gasteiger partial charge >= 0.3 is 6.18 Å². The third-order valence-electron chi connectivity index (χ3n) is 5.26.